The van der Waals surface area contributed by atoms with Crippen LogP contribution in [0.25, 0.3) is 0 Å². The lowest BCUT2D eigenvalue weighted by atomic mass is 10.1. The van der Waals surface area contributed by atoms with Crippen molar-refractivity contribution in [1.29, 1.82) is 0 Å². The zero-order chi connectivity index (χ0) is 16.8. The van der Waals surface area contributed by atoms with Gasteiger partial charge in [-0.05, 0) is 43.3 Å². The van der Waals surface area contributed by atoms with Crippen molar-refractivity contribution in [2.24, 2.45) is 0 Å². The molecule has 2 aromatic carbocycles. The quantitative estimate of drug-likeness (QED) is 0.654. The Morgan fingerprint density at radius 1 is 1.13 bits per heavy atom. The van der Waals surface area contributed by atoms with E-state index in [0.717, 1.165) is 0 Å². The number of esters is 1. The largest absolute Gasteiger partial charge is 0.505 e. The molecule has 2 N–H and O–H groups in total. The molecule has 120 valence electrons. The monoisotopic (exact) mass is 315 g/mol. The molecule has 2 aromatic rings. The standard InChI is InChI=1S/C17H17NO5/c1-3-23-12-9-7-11(8-10-12)16(20)18-14-6-4-5-13(15(14)19)17(21)22-2/h4-10,19H,3H2,1-2H3,(H,18,20). The summed E-state index contributed by atoms with van der Waals surface area (Å²) in [5.74, 6) is -0.761. The molecule has 2 rings (SSSR count). The summed E-state index contributed by atoms with van der Waals surface area (Å²) in [7, 11) is 1.22. The highest BCUT2D eigenvalue weighted by molar-refractivity contribution is 6.06. The topological polar surface area (TPSA) is 84.9 Å². The number of amides is 1. The fourth-order valence-electron chi connectivity index (χ4n) is 1.98. The smallest absolute Gasteiger partial charge is 0.341 e. The Morgan fingerprint density at radius 3 is 2.43 bits per heavy atom. The molecular weight excluding hydrogens is 298 g/mol. The van der Waals surface area contributed by atoms with E-state index >= 15 is 0 Å². The Balaban J connectivity index is 2.18. The van der Waals surface area contributed by atoms with Crippen LogP contribution in [0.15, 0.2) is 42.5 Å². The Hall–Kier alpha value is -3.02. The SMILES string of the molecule is CCOc1ccc(C(=O)Nc2cccc(C(=O)OC)c2O)cc1. The molecule has 0 bridgehead atoms. The molecule has 0 unspecified atom stereocenters. The number of hydrogen-bond donors (Lipinski definition) is 2. The van der Waals surface area contributed by atoms with Crippen molar-refractivity contribution < 1.29 is 24.2 Å². The van der Waals surface area contributed by atoms with Crippen LogP contribution in [0.2, 0.25) is 0 Å². The third-order valence-electron chi connectivity index (χ3n) is 3.12. The lowest BCUT2D eigenvalue weighted by Crippen LogP contribution is -2.13. The fraction of sp³-hybridized carbons (Fsp3) is 0.176. The summed E-state index contributed by atoms with van der Waals surface area (Å²) >= 11 is 0. The molecule has 0 aliphatic rings. The van der Waals surface area contributed by atoms with E-state index in [4.69, 9.17) is 4.74 Å². The van der Waals surface area contributed by atoms with Crippen molar-refractivity contribution in [3.8, 4) is 11.5 Å². The zero-order valence-electron chi connectivity index (χ0n) is 12.8. The van der Waals surface area contributed by atoms with Crippen LogP contribution in [0, 0.1) is 0 Å². The molecule has 6 nitrogen and oxygen atoms in total. The number of carbonyl (C=O) groups excluding carboxylic acids is 2. The number of hydrogen-bond acceptors (Lipinski definition) is 5. The minimum Gasteiger partial charge on any atom is -0.505 e. The van der Waals surface area contributed by atoms with Crippen molar-refractivity contribution in [2.45, 2.75) is 6.92 Å². The lowest BCUT2D eigenvalue weighted by Gasteiger charge is -2.10. The average Bonchev–Trinajstić information content (AvgIpc) is 2.57. The molecular formula is C17H17NO5. The Morgan fingerprint density at radius 2 is 1.83 bits per heavy atom. The molecule has 0 heterocycles. The van der Waals surface area contributed by atoms with Gasteiger partial charge >= 0.3 is 5.97 Å². The summed E-state index contributed by atoms with van der Waals surface area (Å²) < 4.78 is 9.88. The van der Waals surface area contributed by atoms with Gasteiger partial charge in [0, 0.05) is 5.56 Å². The number of carbonyl (C=O) groups is 2. The summed E-state index contributed by atoms with van der Waals surface area (Å²) in [6, 6.07) is 11.0. The predicted molar refractivity (Wildman–Crippen MR) is 85.0 cm³/mol. The van der Waals surface area contributed by atoms with E-state index in [1.807, 2.05) is 6.92 Å². The maximum atomic E-state index is 12.2. The second kappa shape index (κ2) is 7.31. The van der Waals surface area contributed by atoms with Gasteiger partial charge in [0.25, 0.3) is 5.91 Å². The number of phenolic OH excluding ortho intramolecular Hbond substituents is 1. The van der Waals surface area contributed by atoms with E-state index in [-0.39, 0.29) is 17.0 Å². The first-order valence-corrected chi connectivity index (χ1v) is 7.01. The lowest BCUT2D eigenvalue weighted by molar-refractivity contribution is 0.0597. The van der Waals surface area contributed by atoms with Gasteiger partial charge in [-0.25, -0.2) is 4.79 Å². The van der Waals surface area contributed by atoms with Crippen molar-refractivity contribution in [3.63, 3.8) is 0 Å². The molecule has 0 saturated carbocycles. The van der Waals surface area contributed by atoms with Crippen molar-refractivity contribution in [1.82, 2.24) is 0 Å². The van der Waals surface area contributed by atoms with Crippen LogP contribution in [-0.4, -0.2) is 30.7 Å². The van der Waals surface area contributed by atoms with Gasteiger partial charge in [0.1, 0.15) is 11.3 Å². The third kappa shape index (κ3) is 3.79. The molecule has 0 atom stereocenters. The van der Waals surface area contributed by atoms with Gasteiger partial charge in [-0.2, -0.15) is 0 Å². The van der Waals surface area contributed by atoms with Crippen LogP contribution in [0.5, 0.6) is 11.5 Å². The van der Waals surface area contributed by atoms with E-state index in [0.29, 0.717) is 17.9 Å². The summed E-state index contributed by atoms with van der Waals surface area (Å²) in [4.78, 5) is 23.7. The fourth-order valence-corrected chi connectivity index (χ4v) is 1.98. The number of benzene rings is 2. The van der Waals surface area contributed by atoms with Gasteiger partial charge in [0.05, 0.1) is 19.4 Å². The molecule has 0 saturated heterocycles. The number of nitrogens with one attached hydrogen (secondary N) is 1. The van der Waals surface area contributed by atoms with Gasteiger partial charge in [-0.1, -0.05) is 6.07 Å². The normalized spacial score (nSPS) is 10.0. The predicted octanol–water partition coefficient (Wildman–Crippen LogP) is 2.83. The van der Waals surface area contributed by atoms with Crippen LogP contribution >= 0.6 is 0 Å². The van der Waals surface area contributed by atoms with E-state index in [1.165, 1.54) is 19.2 Å². The number of methoxy groups -OCH3 is 1. The van der Waals surface area contributed by atoms with Crippen molar-refractivity contribution in [3.05, 3.63) is 53.6 Å². The summed E-state index contributed by atoms with van der Waals surface area (Å²) in [6.45, 7) is 2.41. The molecule has 0 fully saturated rings. The van der Waals surface area contributed by atoms with Crippen LogP contribution in [0.3, 0.4) is 0 Å². The van der Waals surface area contributed by atoms with Crippen LogP contribution < -0.4 is 10.1 Å². The van der Waals surface area contributed by atoms with Crippen LogP contribution in [0.1, 0.15) is 27.6 Å². The summed E-state index contributed by atoms with van der Waals surface area (Å²) in [6.07, 6.45) is 0. The van der Waals surface area contributed by atoms with Gasteiger partial charge in [0.15, 0.2) is 5.75 Å². The van der Waals surface area contributed by atoms with Crippen LogP contribution in [-0.2, 0) is 4.74 Å². The number of para-hydroxylation sites is 1. The highest BCUT2D eigenvalue weighted by atomic mass is 16.5. The van der Waals surface area contributed by atoms with Gasteiger partial charge < -0.3 is 19.9 Å². The molecule has 0 spiro atoms. The molecule has 0 radical (unpaired) electrons. The molecule has 6 heteroatoms. The molecule has 0 aromatic heterocycles. The Labute approximate surface area is 133 Å². The number of rotatable bonds is 5. The molecule has 23 heavy (non-hydrogen) atoms. The number of phenols is 1. The minimum atomic E-state index is -0.681. The third-order valence-corrected chi connectivity index (χ3v) is 3.12. The summed E-state index contributed by atoms with van der Waals surface area (Å²) in [5, 5.41) is 12.6. The van der Waals surface area contributed by atoms with Crippen LogP contribution in [0.4, 0.5) is 5.69 Å². The zero-order valence-corrected chi connectivity index (χ0v) is 12.8. The maximum Gasteiger partial charge on any atom is 0.341 e. The van der Waals surface area contributed by atoms with Gasteiger partial charge in [0.2, 0.25) is 0 Å². The van der Waals surface area contributed by atoms with Gasteiger partial charge in [-0.15, -0.1) is 0 Å². The number of anilines is 1. The first kappa shape index (κ1) is 16.4. The molecule has 0 aliphatic carbocycles. The maximum absolute atomic E-state index is 12.2. The minimum absolute atomic E-state index is 0.0167. The number of aromatic hydroxyl groups is 1. The van der Waals surface area contributed by atoms with Gasteiger partial charge in [-0.3, -0.25) is 4.79 Å². The van der Waals surface area contributed by atoms with Crippen molar-refractivity contribution >= 4 is 17.6 Å². The van der Waals surface area contributed by atoms with E-state index < -0.39 is 11.9 Å². The van der Waals surface area contributed by atoms with E-state index in [1.54, 1.807) is 30.3 Å². The molecule has 1 amide bonds. The highest BCUT2D eigenvalue weighted by Crippen LogP contribution is 2.28. The van der Waals surface area contributed by atoms with E-state index in [9.17, 15) is 14.7 Å². The number of ether oxygens (including phenoxy) is 2. The summed E-state index contributed by atoms with van der Waals surface area (Å²) in [5.41, 5.74) is 0.514. The van der Waals surface area contributed by atoms with Crippen molar-refractivity contribution in [2.75, 3.05) is 19.0 Å². The highest BCUT2D eigenvalue weighted by Gasteiger charge is 2.16. The molecule has 0 aliphatic heterocycles. The first-order chi connectivity index (χ1) is 11.1. The Bertz CT molecular complexity index is 709. The second-order valence-corrected chi connectivity index (χ2v) is 4.60. The average molecular weight is 315 g/mol. The Kier molecular flexibility index (Phi) is 5.19. The second-order valence-electron chi connectivity index (χ2n) is 4.60. The van der Waals surface area contributed by atoms with E-state index in [2.05, 4.69) is 10.1 Å². The first-order valence-electron chi connectivity index (χ1n) is 7.01.